The molecule has 3 nitrogen and oxygen atoms in total. The Morgan fingerprint density at radius 1 is 1.00 bits per heavy atom. The number of amides is 1. The van der Waals surface area contributed by atoms with Crippen molar-refractivity contribution in [2.75, 3.05) is 5.75 Å². The summed E-state index contributed by atoms with van der Waals surface area (Å²) in [5.41, 5.74) is 9.95. The van der Waals surface area contributed by atoms with E-state index in [4.69, 9.17) is 5.73 Å². The van der Waals surface area contributed by atoms with Crippen LogP contribution in [0.4, 0.5) is 0 Å². The lowest BCUT2D eigenvalue weighted by molar-refractivity contribution is -0.117. The van der Waals surface area contributed by atoms with E-state index in [-0.39, 0.29) is 11.7 Å². The molecule has 22 heavy (non-hydrogen) atoms. The molecule has 1 unspecified atom stereocenters. The average molecular weight is 313 g/mol. The van der Waals surface area contributed by atoms with Crippen LogP contribution in [0.1, 0.15) is 33.9 Å². The highest BCUT2D eigenvalue weighted by atomic mass is 32.2. The van der Waals surface area contributed by atoms with Crippen molar-refractivity contribution >= 4 is 16.7 Å². The average Bonchev–Trinajstić information content (AvgIpc) is 2.69. The number of carbonyl (C=O) groups is 1. The minimum atomic E-state index is -1.16. The molecule has 2 aromatic carbocycles. The van der Waals surface area contributed by atoms with Crippen molar-refractivity contribution in [3.05, 3.63) is 70.8 Å². The molecule has 0 radical (unpaired) electrons. The molecule has 0 spiro atoms. The molecule has 114 valence electrons. The molecule has 1 aliphatic rings. The molecule has 0 aromatic heterocycles. The summed E-state index contributed by atoms with van der Waals surface area (Å²) in [6.07, 6.45) is 2.07. The van der Waals surface area contributed by atoms with Gasteiger partial charge in [-0.2, -0.15) is 0 Å². The fourth-order valence-corrected chi connectivity index (χ4v) is 4.74. The summed E-state index contributed by atoms with van der Waals surface area (Å²) >= 11 is 0. The molecule has 0 saturated heterocycles. The van der Waals surface area contributed by atoms with Crippen molar-refractivity contribution in [1.29, 1.82) is 0 Å². The predicted octanol–water partition coefficient (Wildman–Crippen LogP) is 2.50. The Bertz CT molecular complexity index is 679. The Hall–Kier alpha value is -1.94. The van der Waals surface area contributed by atoms with E-state index in [9.17, 15) is 9.00 Å². The normalized spacial score (nSPS) is 15.5. The maximum absolute atomic E-state index is 12.9. The largest absolute Gasteiger partial charge is 0.370 e. The van der Waals surface area contributed by atoms with Gasteiger partial charge in [0.15, 0.2) is 0 Å². The predicted molar refractivity (Wildman–Crippen MR) is 89.0 cm³/mol. The second kappa shape index (κ2) is 6.44. The summed E-state index contributed by atoms with van der Waals surface area (Å²) < 4.78 is 12.9. The molecular weight excluding hydrogens is 294 g/mol. The number of aryl methyl sites for hydroxylation is 2. The zero-order valence-corrected chi connectivity index (χ0v) is 13.1. The van der Waals surface area contributed by atoms with Gasteiger partial charge in [-0.05, 0) is 35.1 Å². The summed E-state index contributed by atoms with van der Waals surface area (Å²) in [7, 11) is -1.16. The van der Waals surface area contributed by atoms with Crippen molar-refractivity contribution < 1.29 is 9.00 Å². The number of rotatable bonds is 4. The number of benzene rings is 2. The number of nitrogens with two attached hydrogens (primary N) is 1. The van der Waals surface area contributed by atoms with Crippen molar-refractivity contribution in [1.82, 2.24) is 0 Å². The van der Waals surface area contributed by atoms with Crippen LogP contribution in [0.25, 0.3) is 0 Å². The minimum absolute atomic E-state index is 0.160. The molecular formula is C18H19NO2S. The Balaban J connectivity index is 2.06. The van der Waals surface area contributed by atoms with Crippen molar-refractivity contribution in [2.45, 2.75) is 24.5 Å². The molecule has 0 bridgehead atoms. The third kappa shape index (κ3) is 2.97. The maximum Gasteiger partial charge on any atom is 0.218 e. The Labute approximate surface area is 133 Å². The zero-order valence-electron chi connectivity index (χ0n) is 12.3. The van der Waals surface area contributed by atoms with Gasteiger partial charge in [-0.1, -0.05) is 48.5 Å². The van der Waals surface area contributed by atoms with E-state index < -0.39 is 16.7 Å². The van der Waals surface area contributed by atoms with E-state index in [0.29, 0.717) is 5.75 Å². The standard InChI is InChI=1S/C18H19NO2S/c19-17(20)11-12-22(21)18-15-7-3-1-5-13(15)9-10-14-6-2-4-8-16(14)18/h1-8,18H,9-12H2,(H2,19,20). The lowest BCUT2D eigenvalue weighted by Gasteiger charge is -2.19. The van der Waals surface area contributed by atoms with E-state index >= 15 is 0 Å². The van der Waals surface area contributed by atoms with Gasteiger partial charge in [-0.25, -0.2) is 0 Å². The topological polar surface area (TPSA) is 60.2 Å². The Morgan fingerprint density at radius 3 is 2.00 bits per heavy atom. The molecule has 0 aliphatic heterocycles. The van der Waals surface area contributed by atoms with Crippen LogP contribution in [-0.2, 0) is 28.4 Å². The second-order valence-electron chi connectivity index (χ2n) is 5.58. The molecule has 1 atom stereocenters. The first-order chi connectivity index (χ1) is 10.7. The van der Waals surface area contributed by atoms with Crippen LogP contribution >= 0.6 is 0 Å². The second-order valence-corrected chi connectivity index (χ2v) is 7.22. The summed E-state index contributed by atoms with van der Waals surface area (Å²) in [5, 5.41) is -0.172. The Morgan fingerprint density at radius 2 is 1.50 bits per heavy atom. The first-order valence-corrected chi connectivity index (χ1v) is 8.86. The smallest absolute Gasteiger partial charge is 0.218 e. The Kier molecular flexibility index (Phi) is 4.39. The quantitative estimate of drug-likeness (QED) is 0.943. The van der Waals surface area contributed by atoms with Crippen LogP contribution in [0, 0.1) is 0 Å². The van der Waals surface area contributed by atoms with Crippen LogP contribution in [-0.4, -0.2) is 15.9 Å². The molecule has 2 aromatic rings. The monoisotopic (exact) mass is 313 g/mol. The summed E-state index contributed by atoms with van der Waals surface area (Å²) in [4.78, 5) is 11.0. The van der Waals surface area contributed by atoms with E-state index in [1.165, 1.54) is 11.1 Å². The molecule has 1 aliphatic carbocycles. The summed E-state index contributed by atoms with van der Waals surface area (Å²) in [5.74, 6) is -0.0913. The van der Waals surface area contributed by atoms with Crippen molar-refractivity contribution in [3.63, 3.8) is 0 Å². The first-order valence-electron chi connectivity index (χ1n) is 7.48. The van der Waals surface area contributed by atoms with Gasteiger partial charge >= 0.3 is 0 Å². The lowest BCUT2D eigenvalue weighted by atomic mass is 10.00. The molecule has 0 saturated carbocycles. The van der Waals surface area contributed by atoms with Gasteiger partial charge in [0, 0.05) is 23.0 Å². The van der Waals surface area contributed by atoms with Gasteiger partial charge in [-0.3, -0.25) is 9.00 Å². The fourth-order valence-electron chi connectivity index (χ4n) is 3.07. The number of carbonyl (C=O) groups excluding carboxylic acids is 1. The van der Waals surface area contributed by atoms with Gasteiger partial charge in [0.25, 0.3) is 0 Å². The van der Waals surface area contributed by atoms with E-state index in [2.05, 4.69) is 24.3 Å². The van der Waals surface area contributed by atoms with Gasteiger partial charge < -0.3 is 5.73 Å². The third-order valence-electron chi connectivity index (χ3n) is 4.15. The van der Waals surface area contributed by atoms with Gasteiger partial charge in [0.05, 0.1) is 5.25 Å². The van der Waals surface area contributed by atoms with E-state index in [1.54, 1.807) is 0 Å². The molecule has 0 fully saturated rings. The summed E-state index contributed by atoms with van der Waals surface area (Å²) in [6, 6.07) is 16.4. The minimum Gasteiger partial charge on any atom is -0.370 e. The first kappa shape index (κ1) is 15.0. The molecule has 3 rings (SSSR count). The molecule has 2 N–H and O–H groups in total. The van der Waals surface area contributed by atoms with Gasteiger partial charge in [0.1, 0.15) is 0 Å². The van der Waals surface area contributed by atoms with Crippen molar-refractivity contribution in [2.24, 2.45) is 5.73 Å². The van der Waals surface area contributed by atoms with E-state index in [0.717, 1.165) is 24.0 Å². The third-order valence-corrected chi connectivity index (χ3v) is 5.79. The molecule has 0 heterocycles. The van der Waals surface area contributed by atoms with Crippen LogP contribution in [0.15, 0.2) is 48.5 Å². The maximum atomic E-state index is 12.9. The number of hydrogen-bond acceptors (Lipinski definition) is 2. The lowest BCUT2D eigenvalue weighted by Crippen LogP contribution is -2.18. The number of fused-ring (bicyclic) bond motifs is 2. The highest BCUT2D eigenvalue weighted by Gasteiger charge is 2.27. The summed E-state index contributed by atoms with van der Waals surface area (Å²) in [6.45, 7) is 0. The number of primary amides is 1. The van der Waals surface area contributed by atoms with Gasteiger partial charge in [-0.15, -0.1) is 0 Å². The zero-order chi connectivity index (χ0) is 15.5. The van der Waals surface area contributed by atoms with Crippen molar-refractivity contribution in [3.8, 4) is 0 Å². The van der Waals surface area contributed by atoms with E-state index in [1.807, 2.05) is 24.3 Å². The van der Waals surface area contributed by atoms with Crippen LogP contribution < -0.4 is 5.73 Å². The van der Waals surface area contributed by atoms with Crippen LogP contribution in [0.3, 0.4) is 0 Å². The van der Waals surface area contributed by atoms with Crippen LogP contribution in [0.5, 0.6) is 0 Å². The fraction of sp³-hybridized carbons (Fsp3) is 0.278. The highest BCUT2D eigenvalue weighted by molar-refractivity contribution is 7.85. The molecule has 4 heteroatoms. The molecule has 1 amide bonds. The number of hydrogen-bond donors (Lipinski definition) is 1. The highest BCUT2D eigenvalue weighted by Crippen LogP contribution is 2.36. The SMILES string of the molecule is NC(=O)CCS(=O)C1c2ccccc2CCc2ccccc21. The van der Waals surface area contributed by atoms with Gasteiger partial charge in [0.2, 0.25) is 5.91 Å². The van der Waals surface area contributed by atoms with Crippen LogP contribution in [0.2, 0.25) is 0 Å².